The Morgan fingerprint density at radius 3 is 2.35 bits per heavy atom. The van der Waals surface area contributed by atoms with Gasteiger partial charge in [0, 0.05) is 80.6 Å². The number of anilines is 2. The number of carbonyl (C=O) groups excluding carboxylic acids is 3. The van der Waals surface area contributed by atoms with Gasteiger partial charge in [-0.3, -0.25) is 19.2 Å². The standard InChI is InChI=1S/C55H67FN6O16/c1-23-11-10-12-24(2)53(71)59-40-32(20-58-60-29-15-17-61(21-29)42-34(56)19-31-41(51(42)75-9)62(30-13-14-30)22-33(46(31)67)54(72)73)47(68)36-37(48(40)69)44(65)26(4)50-38(36)52(70)55(7,78-50)76-18-16-35(74-8)25(3)49(77-28(6)63)27(5)45(66)39(57)43(23)64/h10-12,19-20,22-23,25,27,29-30,35,39,43,45,49,60,64-66,68-69H,13-18,21,57H2,1-9H3,(H,59,71)(H,72,73)/b11-10+,24-12-,58-20+/t23-,25+,27+,29?,35-,39+,43-,45-,49+,55-/m0/s1. The summed E-state index contributed by atoms with van der Waals surface area (Å²) in [4.78, 5) is 68.2. The molecule has 1 amide bonds. The number of amides is 1. The van der Waals surface area contributed by atoms with Crippen molar-refractivity contribution in [3.05, 3.63) is 74.4 Å². The number of aromatic carboxylic acids is 1. The third-order valence-corrected chi connectivity index (χ3v) is 15.6. The van der Waals surface area contributed by atoms with E-state index in [4.69, 9.17) is 29.4 Å². The number of carboxylic acids is 1. The van der Waals surface area contributed by atoms with Crippen LogP contribution in [-0.4, -0.2) is 141 Å². The van der Waals surface area contributed by atoms with Gasteiger partial charge in [0.2, 0.25) is 11.2 Å². The second-order valence-corrected chi connectivity index (χ2v) is 20.9. The highest BCUT2D eigenvalue weighted by atomic mass is 19.1. The number of carboxylic acid groups (broad SMARTS) is 1. The fourth-order valence-electron chi connectivity index (χ4n) is 10.9. The van der Waals surface area contributed by atoms with Crippen molar-refractivity contribution in [1.29, 1.82) is 0 Å². The minimum Gasteiger partial charge on any atom is -0.507 e. The molecule has 10 N–H and O–H groups in total. The van der Waals surface area contributed by atoms with E-state index in [0.29, 0.717) is 6.42 Å². The molecule has 5 heterocycles. The molecular formula is C55H67FN6O16. The highest BCUT2D eigenvalue weighted by molar-refractivity contribution is 6.24. The van der Waals surface area contributed by atoms with Gasteiger partial charge in [0.15, 0.2) is 17.3 Å². The molecule has 1 saturated carbocycles. The van der Waals surface area contributed by atoms with Gasteiger partial charge >= 0.3 is 11.9 Å². The van der Waals surface area contributed by atoms with Crippen LogP contribution in [0.15, 0.2) is 46.0 Å². The molecule has 0 radical (unpaired) electrons. The first-order valence-corrected chi connectivity index (χ1v) is 25.7. The summed E-state index contributed by atoms with van der Waals surface area (Å²) in [6.07, 6.45) is 4.26. The molecule has 3 aromatic carbocycles. The van der Waals surface area contributed by atoms with E-state index in [2.05, 4.69) is 15.8 Å². The van der Waals surface area contributed by atoms with Gasteiger partial charge in [-0.15, -0.1) is 0 Å². The van der Waals surface area contributed by atoms with E-state index >= 15 is 4.39 Å². The van der Waals surface area contributed by atoms with Crippen molar-refractivity contribution in [2.45, 2.75) is 122 Å². The molecule has 1 aromatic heterocycles. The van der Waals surface area contributed by atoms with Crippen LogP contribution >= 0.6 is 0 Å². The molecule has 1 unspecified atom stereocenters. The summed E-state index contributed by atoms with van der Waals surface area (Å²) < 4.78 is 47.6. The third kappa shape index (κ3) is 10.3. The number of pyridine rings is 1. The normalized spacial score (nSPS) is 28.4. The summed E-state index contributed by atoms with van der Waals surface area (Å²) in [5, 5.41) is 75.1. The maximum absolute atomic E-state index is 16.2. The predicted octanol–water partition coefficient (Wildman–Crippen LogP) is 5.02. The van der Waals surface area contributed by atoms with Gasteiger partial charge in [0.05, 0.1) is 83.4 Å². The number of benzene rings is 3. The van der Waals surface area contributed by atoms with E-state index in [1.54, 1.807) is 36.3 Å². The third-order valence-electron chi connectivity index (χ3n) is 15.6. The van der Waals surface area contributed by atoms with E-state index in [1.165, 1.54) is 60.3 Å². The Kier molecular flexibility index (Phi) is 16.2. The minimum atomic E-state index is -2.08. The van der Waals surface area contributed by atoms with Crippen molar-refractivity contribution in [2.24, 2.45) is 28.6 Å². The van der Waals surface area contributed by atoms with Crippen LogP contribution in [-0.2, 0) is 23.8 Å². The molecule has 2 fully saturated rings. The van der Waals surface area contributed by atoms with Crippen LogP contribution in [0.5, 0.6) is 28.7 Å². The Labute approximate surface area is 447 Å². The van der Waals surface area contributed by atoms with Crippen molar-refractivity contribution in [3.8, 4) is 28.7 Å². The molecule has 4 aromatic rings. The van der Waals surface area contributed by atoms with Crippen molar-refractivity contribution in [2.75, 3.05) is 44.1 Å². The number of nitrogens with two attached hydrogens (primary N) is 1. The van der Waals surface area contributed by atoms with Crippen LogP contribution in [0.2, 0.25) is 0 Å². The average molecular weight is 1090 g/mol. The fourth-order valence-corrected chi connectivity index (χ4v) is 10.9. The molecule has 5 aliphatic rings. The average Bonchev–Trinajstić information content (AvgIpc) is 4.27. The first-order valence-electron chi connectivity index (χ1n) is 25.7. The molecule has 1 saturated heterocycles. The second-order valence-electron chi connectivity index (χ2n) is 20.9. The largest absolute Gasteiger partial charge is 0.507 e. The number of hydrogen-bond acceptors (Lipinski definition) is 19. The van der Waals surface area contributed by atoms with Crippen LogP contribution in [0.1, 0.15) is 105 Å². The molecule has 0 spiro atoms. The summed E-state index contributed by atoms with van der Waals surface area (Å²) in [5.74, 6) is -10.9. The zero-order chi connectivity index (χ0) is 57.0. The Morgan fingerprint density at radius 2 is 1.71 bits per heavy atom. The lowest BCUT2D eigenvalue weighted by Crippen LogP contribution is -2.54. The zero-order valence-corrected chi connectivity index (χ0v) is 44.8. The van der Waals surface area contributed by atoms with Crippen LogP contribution in [0, 0.1) is 30.5 Å². The number of ketones is 1. The van der Waals surface area contributed by atoms with Gasteiger partial charge in [-0.1, -0.05) is 39.0 Å². The number of carbonyl (C=O) groups is 4. The fraction of sp³-hybridized carbons (Fsp3) is 0.491. The molecule has 22 nitrogen and oxygen atoms in total. The van der Waals surface area contributed by atoms with Crippen LogP contribution < -0.4 is 36.3 Å². The van der Waals surface area contributed by atoms with Gasteiger partial charge in [-0.2, -0.15) is 5.10 Å². The molecule has 4 aliphatic heterocycles. The number of aliphatic hydroxyl groups excluding tert-OH is 2. The summed E-state index contributed by atoms with van der Waals surface area (Å²) in [5.41, 5.74) is 7.44. The number of nitrogens with zero attached hydrogens (tertiary/aromatic N) is 3. The van der Waals surface area contributed by atoms with E-state index in [0.717, 1.165) is 25.1 Å². The summed E-state index contributed by atoms with van der Waals surface area (Å²) in [6.45, 7) is 10.6. The Morgan fingerprint density at radius 1 is 1.00 bits per heavy atom. The highest BCUT2D eigenvalue weighted by Gasteiger charge is 2.50. The monoisotopic (exact) mass is 1090 g/mol. The molecule has 9 rings (SSSR count). The number of hydrogen-bond donors (Lipinski definition) is 9. The lowest BCUT2D eigenvalue weighted by molar-refractivity contribution is -0.163. The lowest BCUT2D eigenvalue weighted by atomic mass is 9.80. The van der Waals surface area contributed by atoms with Gasteiger partial charge in [-0.25, -0.2) is 9.18 Å². The van der Waals surface area contributed by atoms with Gasteiger partial charge in [0.1, 0.15) is 34.6 Å². The number of aromatic hydroxyl groups is 3. The van der Waals surface area contributed by atoms with Crippen molar-refractivity contribution in [1.82, 2.24) is 9.99 Å². The SMILES string of the molecule is COc1c(N2CCC(N/N=C/c3c4c(O)c5c(O)c(C)c6c(c5c3O)C(=O)[C@@](C)(OCC[C@H](OC)[C@@H](C)[C@@H](OC(C)=O)[C@H](C)[C@H](O)[C@H](N)[C@@H](O)[C@@H](C)/C=C/C=C(/C)C(=O)N4)O6)C2)c(F)cc2c(=O)c(C(=O)O)cn(C3CC3)c12. The number of ether oxygens (including phenoxy) is 5. The van der Waals surface area contributed by atoms with E-state index in [9.17, 15) is 54.6 Å². The lowest BCUT2D eigenvalue weighted by Gasteiger charge is -2.38. The Bertz CT molecular complexity index is 3250. The van der Waals surface area contributed by atoms with Crippen molar-refractivity contribution < 1.29 is 77.9 Å². The van der Waals surface area contributed by atoms with Crippen LogP contribution in [0.25, 0.3) is 21.7 Å². The van der Waals surface area contributed by atoms with Gasteiger partial charge in [-0.05, 0) is 45.6 Å². The van der Waals surface area contributed by atoms with E-state index < -0.39 is 129 Å². The smallest absolute Gasteiger partial charge is 0.341 e. The number of fused-ring (bicyclic) bond motifs is 16. The summed E-state index contributed by atoms with van der Waals surface area (Å²) >= 11 is 0. The maximum Gasteiger partial charge on any atom is 0.341 e. The maximum atomic E-state index is 16.2. The number of allylic oxidation sites excluding steroid dienone is 2. The van der Waals surface area contributed by atoms with E-state index in [1.807, 2.05) is 0 Å². The number of nitrogens with one attached hydrogen (secondary N) is 2. The first kappa shape index (κ1) is 56.9. The number of methoxy groups -OCH3 is 2. The number of Topliss-reactive ketones (excluding diaryl/α,β-unsaturated/α-hetero) is 1. The number of rotatable bonds is 9. The molecule has 23 heteroatoms. The van der Waals surface area contributed by atoms with Crippen LogP contribution in [0.3, 0.4) is 0 Å². The molecule has 10 atom stereocenters. The molecule has 5 bridgehead atoms. The van der Waals surface area contributed by atoms with Crippen molar-refractivity contribution in [3.63, 3.8) is 0 Å². The molecular weight excluding hydrogens is 1020 g/mol. The summed E-state index contributed by atoms with van der Waals surface area (Å²) in [7, 11) is 2.77. The van der Waals surface area contributed by atoms with E-state index in [-0.39, 0.29) is 87.9 Å². The molecule has 78 heavy (non-hydrogen) atoms. The number of esters is 1. The zero-order valence-electron chi connectivity index (χ0n) is 44.8. The predicted molar refractivity (Wildman–Crippen MR) is 284 cm³/mol. The van der Waals surface area contributed by atoms with Crippen molar-refractivity contribution >= 4 is 62.9 Å². The summed E-state index contributed by atoms with van der Waals surface area (Å²) in [6, 6.07) is -0.852. The minimum absolute atomic E-state index is 0.0132. The molecule has 1 aliphatic carbocycles. The quantitative estimate of drug-likeness (QED) is 0.0349. The topological polar surface area (TPSA) is 323 Å². The number of hydrazone groups is 1. The second kappa shape index (κ2) is 22.2. The number of aliphatic hydroxyl groups is 2. The Hall–Kier alpha value is -7.31. The number of aromatic nitrogens is 1. The highest BCUT2D eigenvalue weighted by Crippen LogP contribution is 2.55. The Balaban J connectivity index is 1.18. The van der Waals surface area contributed by atoms with Crippen LogP contribution in [0.4, 0.5) is 15.8 Å². The number of halogens is 1. The number of phenols is 3. The molecule has 420 valence electrons. The van der Waals surface area contributed by atoms with Gasteiger partial charge < -0.3 is 80.3 Å². The first-order chi connectivity index (χ1) is 36.9. The van der Waals surface area contributed by atoms with Gasteiger partial charge in [0.25, 0.3) is 11.7 Å². The number of phenolic OH excluding ortho intramolecular Hbond substituents is 3.